The van der Waals surface area contributed by atoms with Gasteiger partial charge in [-0.1, -0.05) is 18.9 Å². The number of likely N-dealkylation sites (tertiary alicyclic amines) is 2. The molecule has 0 bridgehead atoms. The van der Waals surface area contributed by atoms with Crippen LogP contribution in [0, 0.1) is 11.8 Å². The SMILES string of the molecule is CN=C(NCC1CCCN(Cc2cccs2)C1)NC1CCN(C(=O)C2CCCC2)C1. The highest BCUT2D eigenvalue weighted by Crippen LogP contribution is 2.28. The van der Waals surface area contributed by atoms with Crippen molar-refractivity contribution in [3.63, 3.8) is 0 Å². The number of carbonyl (C=O) groups excluding carboxylic acids is 1. The molecule has 3 heterocycles. The van der Waals surface area contributed by atoms with Crippen molar-refractivity contribution in [1.29, 1.82) is 0 Å². The van der Waals surface area contributed by atoms with Gasteiger partial charge in [-0.25, -0.2) is 0 Å². The summed E-state index contributed by atoms with van der Waals surface area (Å²) in [6.07, 6.45) is 8.16. The summed E-state index contributed by atoms with van der Waals surface area (Å²) in [5.41, 5.74) is 0. The summed E-state index contributed by atoms with van der Waals surface area (Å²) in [5, 5.41) is 9.28. The molecule has 166 valence electrons. The summed E-state index contributed by atoms with van der Waals surface area (Å²) in [6, 6.07) is 4.69. The van der Waals surface area contributed by atoms with Gasteiger partial charge >= 0.3 is 0 Å². The van der Waals surface area contributed by atoms with Crippen LogP contribution in [0.2, 0.25) is 0 Å². The molecule has 7 heteroatoms. The van der Waals surface area contributed by atoms with Crippen molar-refractivity contribution >= 4 is 23.2 Å². The van der Waals surface area contributed by atoms with Gasteiger partial charge in [-0.2, -0.15) is 0 Å². The second-order valence-electron chi connectivity index (χ2n) is 9.17. The van der Waals surface area contributed by atoms with Crippen LogP contribution in [0.5, 0.6) is 0 Å². The van der Waals surface area contributed by atoms with Crippen molar-refractivity contribution in [2.75, 3.05) is 39.8 Å². The fraction of sp³-hybridized carbons (Fsp3) is 0.739. The van der Waals surface area contributed by atoms with Gasteiger partial charge < -0.3 is 15.5 Å². The highest BCUT2D eigenvalue weighted by Gasteiger charge is 2.32. The molecule has 2 unspecified atom stereocenters. The number of amides is 1. The van der Waals surface area contributed by atoms with Crippen LogP contribution in [0.3, 0.4) is 0 Å². The average molecular weight is 432 g/mol. The van der Waals surface area contributed by atoms with E-state index in [1.54, 1.807) is 0 Å². The number of nitrogens with zero attached hydrogens (tertiary/aromatic N) is 3. The number of piperidine rings is 1. The van der Waals surface area contributed by atoms with Crippen LogP contribution in [0.25, 0.3) is 0 Å². The van der Waals surface area contributed by atoms with E-state index in [9.17, 15) is 4.79 Å². The smallest absolute Gasteiger partial charge is 0.225 e. The van der Waals surface area contributed by atoms with Gasteiger partial charge in [0.25, 0.3) is 0 Å². The molecule has 4 rings (SSSR count). The van der Waals surface area contributed by atoms with E-state index in [0.717, 1.165) is 57.9 Å². The van der Waals surface area contributed by atoms with E-state index in [1.165, 1.54) is 37.1 Å². The summed E-state index contributed by atoms with van der Waals surface area (Å²) in [7, 11) is 1.84. The summed E-state index contributed by atoms with van der Waals surface area (Å²) < 4.78 is 0. The fourth-order valence-corrected chi connectivity index (χ4v) is 5.97. The van der Waals surface area contributed by atoms with Crippen molar-refractivity contribution in [3.8, 4) is 0 Å². The van der Waals surface area contributed by atoms with Gasteiger partial charge in [0.1, 0.15) is 0 Å². The zero-order chi connectivity index (χ0) is 20.8. The van der Waals surface area contributed by atoms with Crippen LogP contribution < -0.4 is 10.6 Å². The third kappa shape index (κ3) is 5.76. The molecule has 6 nitrogen and oxygen atoms in total. The number of hydrogen-bond acceptors (Lipinski definition) is 4. The number of carbonyl (C=O) groups is 1. The monoisotopic (exact) mass is 431 g/mol. The van der Waals surface area contributed by atoms with Gasteiger partial charge in [0.15, 0.2) is 5.96 Å². The van der Waals surface area contributed by atoms with Gasteiger partial charge in [-0.3, -0.25) is 14.7 Å². The fourth-order valence-electron chi connectivity index (χ4n) is 5.22. The summed E-state index contributed by atoms with van der Waals surface area (Å²) in [4.78, 5) is 23.2. The number of hydrogen-bond donors (Lipinski definition) is 2. The predicted octanol–water partition coefficient (Wildman–Crippen LogP) is 2.92. The molecule has 2 aliphatic heterocycles. The van der Waals surface area contributed by atoms with E-state index in [-0.39, 0.29) is 5.92 Å². The standard InChI is InChI=1S/C23H37N5OS/c1-24-23(26-20-10-12-28(16-20)22(29)19-7-2-3-8-19)25-14-18-6-4-11-27(15-18)17-21-9-5-13-30-21/h5,9,13,18-20H,2-4,6-8,10-12,14-17H2,1H3,(H2,24,25,26). The number of nitrogens with one attached hydrogen (secondary N) is 2. The molecule has 0 radical (unpaired) electrons. The van der Waals surface area contributed by atoms with Crippen LogP contribution >= 0.6 is 11.3 Å². The summed E-state index contributed by atoms with van der Waals surface area (Å²) >= 11 is 1.85. The molecule has 30 heavy (non-hydrogen) atoms. The average Bonchev–Trinajstić information content (AvgIpc) is 3.54. The number of guanidine groups is 1. The Bertz CT molecular complexity index is 700. The molecule has 2 atom stereocenters. The molecule has 3 fully saturated rings. The first-order valence-electron chi connectivity index (χ1n) is 11.7. The third-order valence-electron chi connectivity index (χ3n) is 6.89. The minimum Gasteiger partial charge on any atom is -0.356 e. The van der Waals surface area contributed by atoms with E-state index in [4.69, 9.17) is 0 Å². The summed E-state index contributed by atoms with van der Waals surface area (Å²) in [5.74, 6) is 2.20. The molecular formula is C23H37N5OS. The Labute approximate surface area is 185 Å². The molecule has 0 aromatic carbocycles. The minimum atomic E-state index is 0.282. The lowest BCUT2D eigenvalue weighted by atomic mass is 9.98. The molecule has 1 aromatic rings. The Morgan fingerprint density at radius 1 is 1.17 bits per heavy atom. The maximum absolute atomic E-state index is 12.7. The predicted molar refractivity (Wildman–Crippen MR) is 124 cm³/mol. The minimum absolute atomic E-state index is 0.282. The molecule has 0 spiro atoms. The topological polar surface area (TPSA) is 60.0 Å². The van der Waals surface area contributed by atoms with Crippen molar-refractivity contribution in [3.05, 3.63) is 22.4 Å². The maximum Gasteiger partial charge on any atom is 0.225 e. The van der Waals surface area contributed by atoms with Gasteiger partial charge in [0.05, 0.1) is 0 Å². The van der Waals surface area contributed by atoms with E-state index < -0.39 is 0 Å². The summed E-state index contributed by atoms with van der Waals surface area (Å²) in [6.45, 7) is 6.08. The number of thiophene rings is 1. The largest absolute Gasteiger partial charge is 0.356 e. The van der Waals surface area contributed by atoms with Gasteiger partial charge in [0.2, 0.25) is 5.91 Å². The lowest BCUT2D eigenvalue weighted by Gasteiger charge is -2.33. The van der Waals surface area contributed by atoms with E-state index in [0.29, 0.717) is 17.9 Å². The zero-order valence-corrected chi connectivity index (χ0v) is 19.1. The first-order valence-corrected chi connectivity index (χ1v) is 12.6. The molecule has 2 saturated heterocycles. The Morgan fingerprint density at radius 2 is 2.03 bits per heavy atom. The second kappa shape index (κ2) is 10.6. The Balaban J connectivity index is 1.19. The molecule has 1 aromatic heterocycles. The van der Waals surface area contributed by atoms with Crippen LogP contribution in [0.4, 0.5) is 0 Å². The first kappa shape index (κ1) is 21.6. The van der Waals surface area contributed by atoms with Gasteiger partial charge in [-0.15, -0.1) is 11.3 Å². The van der Waals surface area contributed by atoms with E-state index in [2.05, 4.69) is 42.9 Å². The number of aliphatic imine (C=N–C) groups is 1. The molecule has 1 amide bonds. The van der Waals surface area contributed by atoms with Crippen LogP contribution in [-0.4, -0.2) is 67.5 Å². The van der Waals surface area contributed by atoms with Crippen LogP contribution in [-0.2, 0) is 11.3 Å². The molecule has 1 saturated carbocycles. The van der Waals surface area contributed by atoms with Crippen LogP contribution in [0.15, 0.2) is 22.5 Å². The molecule has 1 aliphatic carbocycles. The lowest BCUT2D eigenvalue weighted by Crippen LogP contribution is -2.48. The Morgan fingerprint density at radius 3 is 2.80 bits per heavy atom. The Kier molecular flexibility index (Phi) is 7.66. The zero-order valence-electron chi connectivity index (χ0n) is 18.3. The highest BCUT2D eigenvalue weighted by atomic mass is 32.1. The molecular weight excluding hydrogens is 394 g/mol. The van der Waals surface area contributed by atoms with Crippen molar-refractivity contribution in [2.24, 2.45) is 16.8 Å². The van der Waals surface area contributed by atoms with Crippen molar-refractivity contribution in [2.45, 2.75) is 57.5 Å². The van der Waals surface area contributed by atoms with E-state index in [1.807, 2.05) is 18.4 Å². The normalized spacial score (nSPS) is 26.3. The second-order valence-corrected chi connectivity index (χ2v) is 10.2. The molecule has 3 aliphatic rings. The van der Waals surface area contributed by atoms with Crippen molar-refractivity contribution < 1.29 is 4.79 Å². The van der Waals surface area contributed by atoms with Gasteiger partial charge in [-0.05, 0) is 56.0 Å². The third-order valence-corrected chi connectivity index (χ3v) is 7.75. The highest BCUT2D eigenvalue weighted by molar-refractivity contribution is 7.09. The number of rotatable bonds is 6. The molecule has 2 N–H and O–H groups in total. The quantitative estimate of drug-likeness (QED) is 0.537. The van der Waals surface area contributed by atoms with Crippen molar-refractivity contribution in [1.82, 2.24) is 20.4 Å². The Hall–Kier alpha value is -1.60. The maximum atomic E-state index is 12.7. The van der Waals surface area contributed by atoms with Gasteiger partial charge in [0, 0.05) is 56.6 Å². The lowest BCUT2D eigenvalue weighted by molar-refractivity contribution is -0.134. The van der Waals surface area contributed by atoms with Crippen LogP contribution in [0.1, 0.15) is 49.8 Å². The van der Waals surface area contributed by atoms with E-state index >= 15 is 0 Å². The first-order chi connectivity index (χ1) is 14.7.